The zero-order valence-electron chi connectivity index (χ0n) is 16.4. The van der Waals surface area contributed by atoms with Gasteiger partial charge in [-0.25, -0.2) is 0 Å². The first-order chi connectivity index (χ1) is 13.0. The van der Waals surface area contributed by atoms with Crippen LogP contribution in [0.5, 0.6) is 5.75 Å². The maximum atomic E-state index is 14.1. The first kappa shape index (κ1) is 20.5. The Morgan fingerprint density at radius 2 is 1.93 bits per heavy atom. The van der Waals surface area contributed by atoms with Crippen LogP contribution in [0, 0.1) is 5.92 Å². The molecule has 3 rings (SSSR count). The van der Waals surface area contributed by atoms with Gasteiger partial charge in [-0.1, -0.05) is 38.1 Å². The summed E-state index contributed by atoms with van der Waals surface area (Å²) in [5.41, 5.74) is 1.56. The smallest absolute Gasteiger partial charge is 0.409 e. The van der Waals surface area contributed by atoms with Crippen LogP contribution in [-0.2, 0) is 4.79 Å². The molecule has 2 aromatic carbocycles. The molecule has 0 aliphatic carbocycles. The third-order valence-electron chi connectivity index (χ3n) is 4.82. The van der Waals surface area contributed by atoms with Gasteiger partial charge in [0.2, 0.25) is 5.91 Å². The molecule has 1 aliphatic rings. The number of rotatable bonds is 5. The minimum atomic E-state index is -4.56. The van der Waals surface area contributed by atoms with Crippen molar-refractivity contribution >= 4 is 16.7 Å². The summed E-state index contributed by atoms with van der Waals surface area (Å²) in [5.74, 6) is 0.554. The maximum absolute atomic E-state index is 14.1. The van der Waals surface area contributed by atoms with Gasteiger partial charge in [0, 0.05) is 12.0 Å². The van der Waals surface area contributed by atoms with Gasteiger partial charge < -0.3 is 4.74 Å². The van der Waals surface area contributed by atoms with Crippen molar-refractivity contribution in [3.05, 3.63) is 42.0 Å². The van der Waals surface area contributed by atoms with E-state index < -0.39 is 23.7 Å². The average Bonchev–Trinajstić information content (AvgIpc) is 2.84. The van der Waals surface area contributed by atoms with Crippen LogP contribution in [-0.4, -0.2) is 29.2 Å². The SMILES string of the molecule is CC(C)COc1ccc2c(C(N3NC(=O)CC3(C)C)C(F)(F)F)cccc2c1. The molecule has 0 aromatic heterocycles. The first-order valence-corrected chi connectivity index (χ1v) is 9.30. The van der Waals surface area contributed by atoms with Gasteiger partial charge in [0.15, 0.2) is 6.04 Å². The number of hydrogen-bond acceptors (Lipinski definition) is 3. The molecule has 0 bridgehead atoms. The van der Waals surface area contributed by atoms with Crippen LogP contribution in [0.15, 0.2) is 36.4 Å². The Morgan fingerprint density at radius 3 is 2.50 bits per heavy atom. The molecular weight excluding hydrogens is 369 g/mol. The Labute approximate surface area is 162 Å². The van der Waals surface area contributed by atoms with E-state index in [-0.39, 0.29) is 12.0 Å². The first-order valence-electron chi connectivity index (χ1n) is 9.30. The van der Waals surface area contributed by atoms with Crippen LogP contribution in [0.25, 0.3) is 10.8 Å². The lowest BCUT2D eigenvalue weighted by atomic mass is 9.93. The Bertz CT molecular complexity index is 878. The van der Waals surface area contributed by atoms with Crippen LogP contribution in [0.1, 0.15) is 45.7 Å². The van der Waals surface area contributed by atoms with Crippen molar-refractivity contribution in [1.82, 2.24) is 10.4 Å². The van der Waals surface area contributed by atoms with Gasteiger partial charge in [-0.3, -0.25) is 10.2 Å². The fourth-order valence-corrected chi connectivity index (χ4v) is 3.56. The van der Waals surface area contributed by atoms with Gasteiger partial charge >= 0.3 is 6.18 Å². The second kappa shape index (κ2) is 7.28. The topological polar surface area (TPSA) is 41.6 Å². The number of fused-ring (bicyclic) bond motifs is 1. The van der Waals surface area contributed by atoms with Crippen molar-refractivity contribution in [1.29, 1.82) is 0 Å². The highest BCUT2D eigenvalue weighted by molar-refractivity contribution is 5.87. The minimum Gasteiger partial charge on any atom is -0.493 e. The third-order valence-corrected chi connectivity index (χ3v) is 4.82. The highest BCUT2D eigenvalue weighted by Gasteiger charge is 2.53. The predicted molar refractivity (Wildman–Crippen MR) is 102 cm³/mol. The summed E-state index contributed by atoms with van der Waals surface area (Å²) in [7, 11) is 0. The lowest BCUT2D eigenvalue weighted by Crippen LogP contribution is -2.51. The van der Waals surface area contributed by atoms with Crippen molar-refractivity contribution in [2.24, 2.45) is 5.92 Å². The zero-order chi connectivity index (χ0) is 20.7. The van der Waals surface area contributed by atoms with E-state index in [1.54, 1.807) is 44.2 Å². The lowest BCUT2D eigenvalue weighted by Gasteiger charge is -2.38. The zero-order valence-corrected chi connectivity index (χ0v) is 16.4. The Morgan fingerprint density at radius 1 is 1.21 bits per heavy atom. The molecule has 152 valence electrons. The lowest BCUT2D eigenvalue weighted by molar-refractivity contribution is -0.203. The summed E-state index contributed by atoms with van der Waals surface area (Å²) in [6, 6.07) is 7.99. The standard InChI is InChI=1S/C21H25F3N2O2/c1-13(2)12-28-15-8-9-16-14(10-15)6-5-7-17(16)19(21(22,23)24)26-20(3,4)11-18(27)25-26/h5-10,13,19H,11-12H2,1-4H3,(H,25,27). The molecule has 1 unspecified atom stereocenters. The van der Waals surface area contributed by atoms with E-state index in [0.29, 0.717) is 29.0 Å². The van der Waals surface area contributed by atoms with Gasteiger partial charge in [0.1, 0.15) is 5.75 Å². The number of carbonyl (C=O) groups excluding carboxylic acids is 1. The van der Waals surface area contributed by atoms with E-state index in [1.165, 1.54) is 6.07 Å². The summed E-state index contributed by atoms with van der Waals surface area (Å²) in [4.78, 5) is 11.8. The molecule has 2 aromatic rings. The van der Waals surface area contributed by atoms with E-state index in [1.807, 2.05) is 13.8 Å². The molecule has 1 aliphatic heterocycles. The molecule has 1 fully saturated rings. The summed E-state index contributed by atoms with van der Waals surface area (Å²) in [6.45, 7) is 7.85. The summed E-state index contributed by atoms with van der Waals surface area (Å²) in [5, 5.41) is 2.18. The molecule has 7 heteroatoms. The van der Waals surface area contributed by atoms with Crippen LogP contribution in [0.3, 0.4) is 0 Å². The van der Waals surface area contributed by atoms with Crippen molar-refractivity contribution in [3.8, 4) is 5.75 Å². The summed E-state index contributed by atoms with van der Waals surface area (Å²) >= 11 is 0. The number of hydrogen-bond donors (Lipinski definition) is 1. The van der Waals surface area contributed by atoms with Crippen LogP contribution in [0.4, 0.5) is 13.2 Å². The molecule has 1 saturated heterocycles. The predicted octanol–water partition coefficient (Wildman–Crippen LogP) is 4.99. The number of nitrogens with one attached hydrogen (secondary N) is 1. The van der Waals surface area contributed by atoms with Gasteiger partial charge in [0.05, 0.1) is 6.61 Å². The molecule has 1 heterocycles. The van der Waals surface area contributed by atoms with Crippen molar-refractivity contribution in [2.45, 2.75) is 51.9 Å². The highest BCUT2D eigenvalue weighted by Crippen LogP contribution is 2.44. The summed E-state index contributed by atoms with van der Waals surface area (Å²) in [6.07, 6.45) is -4.55. The van der Waals surface area contributed by atoms with Gasteiger partial charge in [-0.15, -0.1) is 0 Å². The van der Waals surface area contributed by atoms with Gasteiger partial charge in [-0.05, 0) is 48.2 Å². The van der Waals surface area contributed by atoms with Gasteiger partial charge in [0.25, 0.3) is 0 Å². The van der Waals surface area contributed by atoms with Crippen molar-refractivity contribution in [2.75, 3.05) is 6.61 Å². The monoisotopic (exact) mass is 394 g/mol. The molecule has 28 heavy (non-hydrogen) atoms. The number of alkyl halides is 3. The minimum absolute atomic E-state index is 0.0114. The fraction of sp³-hybridized carbons (Fsp3) is 0.476. The fourth-order valence-electron chi connectivity index (χ4n) is 3.56. The molecular formula is C21H25F3N2O2. The molecule has 4 nitrogen and oxygen atoms in total. The highest BCUT2D eigenvalue weighted by atomic mass is 19.4. The van der Waals surface area contributed by atoms with E-state index in [0.717, 1.165) is 5.01 Å². The number of nitrogens with zero attached hydrogens (tertiary/aromatic N) is 1. The average molecular weight is 394 g/mol. The van der Waals surface area contributed by atoms with Crippen molar-refractivity contribution in [3.63, 3.8) is 0 Å². The number of carbonyl (C=O) groups is 1. The van der Waals surface area contributed by atoms with E-state index >= 15 is 0 Å². The molecule has 1 amide bonds. The number of hydrazine groups is 1. The molecule has 1 atom stereocenters. The van der Waals surface area contributed by atoms with E-state index in [2.05, 4.69) is 5.43 Å². The largest absolute Gasteiger partial charge is 0.493 e. The number of benzene rings is 2. The third kappa shape index (κ3) is 4.09. The maximum Gasteiger partial charge on any atom is 0.409 e. The Balaban J connectivity index is 2.07. The molecule has 0 radical (unpaired) electrons. The summed E-state index contributed by atoms with van der Waals surface area (Å²) < 4.78 is 48.1. The number of amides is 1. The number of halogens is 3. The molecule has 0 spiro atoms. The number of ether oxygens (including phenoxy) is 1. The Kier molecular flexibility index (Phi) is 5.32. The molecule has 0 saturated carbocycles. The molecule has 1 N–H and O–H groups in total. The van der Waals surface area contributed by atoms with Crippen molar-refractivity contribution < 1.29 is 22.7 Å². The van der Waals surface area contributed by atoms with Crippen LogP contribution < -0.4 is 10.2 Å². The van der Waals surface area contributed by atoms with Gasteiger partial charge in [-0.2, -0.15) is 18.2 Å². The Hall–Kier alpha value is -2.28. The second-order valence-electron chi connectivity index (χ2n) is 8.27. The van der Waals surface area contributed by atoms with Crippen LogP contribution >= 0.6 is 0 Å². The normalized spacial score (nSPS) is 18.5. The quantitative estimate of drug-likeness (QED) is 0.777. The van der Waals surface area contributed by atoms with E-state index in [4.69, 9.17) is 4.74 Å². The second-order valence-corrected chi connectivity index (χ2v) is 8.27. The van der Waals surface area contributed by atoms with E-state index in [9.17, 15) is 18.0 Å². The van der Waals surface area contributed by atoms with Crippen LogP contribution in [0.2, 0.25) is 0 Å².